The van der Waals surface area contributed by atoms with Gasteiger partial charge in [-0.15, -0.1) is 0 Å². The summed E-state index contributed by atoms with van der Waals surface area (Å²) in [5.41, 5.74) is 6.35. The molecule has 0 radical (unpaired) electrons. The molecule has 1 aliphatic heterocycles. The molecular formula is C10H12BrN3O. The molecule has 2 heterocycles. The van der Waals surface area contributed by atoms with Gasteiger partial charge in [0.2, 0.25) is 5.91 Å². The fraction of sp³-hybridized carbons (Fsp3) is 0.400. The summed E-state index contributed by atoms with van der Waals surface area (Å²) in [6, 6.07) is 1.94. The van der Waals surface area contributed by atoms with Gasteiger partial charge in [-0.1, -0.05) is 0 Å². The lowest BCUT2D eigenvalue weighted by Gasteiger charge is -2.38. The van der Waals surface area contributed by atoms with E-state index in [1.807, 2.05) is 17.9 Å². The van der Waals surface area contributed by atoms with Crippen LogP contribution in [0.1, 0.15) is 5.56 Å². The molecule has 5 heteroatoms. The minimum atomic E-state index is -0.227. The standard InChI is InChI=1S/C10H12BrN3O/c1-6-2-3-13-10(8(6)11)14-4-7(5-14)9(12)15/h2-3,7H,4-5H2,1H3,(H2,12,15). The minimum absolute atomic E-state index is 0.0285. The SMILES string of the molecule is Cc1ccnc(N2CC(C(N)=O)C2)c1Br. The van der Waals surface area contributed by atoms with Crippen molar-refractivity contribution in [2.45, 2.75) is 6.92 Å². The minimum Gasteiger partial charge on any atom is -0.369 e. The molecule has 15 heavy (non-hydrogen) atoms. The van der Waals surface area contributed by atoms with Gasteiger partial charge in [0, 0.05) is 19.3 Å². The first kappa shape index (κ1) is 10.4. The summed E-state index contributed by atoms with van der Waals surface area (Å²) < 4.78 is 0.993. The Morgan fingerprint density at radius 2 is 2.33 bits per heavy atom. The van der Waals surface area contributed by atoms with Crippen LogP contribution >= 0.6 is 15.9 Å². The molecule has 0 aliphatic carbocycles. The molecule has 80 valence electrons. The van der Waals surface area contributed by atoms with Crippen molar-refractivity contribution in [3.8, 4) is 0 Å². The topological polar surface area (TPSA) is 59.2 Å². The number of hydrogen-bond acceptors (Lipinski definition) is 3. The van der Waals surface area contributed by atoms with Gasteiger partial charge in [-0.3, -0.25) is 4.79 Å². The Kier molecular flexibility index (Phi) is 2.65. The number of primary amides is 1. The monoisotopic (exact) mass is 269 g/mol. The van der Waals surface area contributed by atoms with Crippen LogP contribution in [-0.2, 0) is 4.79 Å². The van der Waals surface area contributed by atoms with Crippen LogP contribution in [0.4, 0.5) is 5.82 Å². The third kappa shape index (κ3) is 1.84. The summed E-state index contributed by atoms with van der Waals surface area (Å²) in [6.45, 7) is 3.36. The lowest BCUT2D eigenvalue weighted by molar-refractivity contribution is -0.122. The zero-order chi connectivity index (χ0) is 11.0. The number of nitrogens with two attached hydrogens (primary N) is 1. The van der Waals surface area contributed by atoms with Crippen LogP contribution in [0.5, 0.6) is 0 Å². The average molecular weight is 270 g/mol. The second-order valence-corrected chi connectivity index (χ2v) is 4.56. The third-order valence-electron chi connectivity index (χ3n) is 2.65. The molecule has 1 amide bonds. The predicted molar refractivity (Wildman–Crippen MR) is 61.6 cm³/mol. The highest BCUT2D eigenvalue weighted by Crippen LogP contribution is 2.31. The van der Waals surface area contributed by atoms with Gasteiger partial charge in [-0.05, 0) is 34.5 Å². The van der Waals surface area contributed by atoms with Crippen LogP contribution in [0.25, 0.3) is 0 Å². The van der Waals surface area contributed by atoms with Gasteiger partial charge < -0.3 is 10.6 Å². The number of amides is 1. The lowest BCUT2D eigenvalue weighted by atomic mass is 9.99. The molecule has 0 spiro atoms. The van der Waals surface area contributed by atoms with E-state index in [0.717, 1.165) is 15.9 Å². The van der Waals surface area contributed by atoms with Crippen molar-refractivity contribution in [1.82, 2.24) is 4.98 Å². The molecule has 0 unspecified atom stereocenters. The van der Waals surface area contributed by atoms with Gasteiger partial charge in [0.15, 0.2) is 0 Å². The number of hydrogen-bond donors (Lipinski definition) is 1. The summed E-state index contributed by atoms with van der Waals surface area (Å²) in [5.74, 6) is 0.640. The largest absolute Gasteiger partial charge is 0.369 e. The first-order valence-corrected chi connectivity index (χ1v) is 5.54. The Morgan fingerprint density at radius 1 is 1.67 bits per heavy atom. The molecule has 0 aromatic carbocycles. The number of carbonyl (C=O) groups excluding carboxylic acids is 1. The Balaban J connectivity index is 2.13. The van der Waals surface area contributed by atoms with Crippen molar-refractivity contribution in [2.24, 2.45) is 11.7 Å². The highest BCUT2D eigenvalue weighted by Gasteiger charge is 2.32. The maximum atomic E-state index is 10.9. The molecule has 1 saturated heterocycles. The summed E-state index contributed by atoms with van der Waals surface area (Å²) in [5, 5.41) is 0. The number of halogens is 1. The number of aryl methyl sites for hydroxylation is 1. The van der Waals surface area contributed by atoms with E-state index in [0.29, 0.717) is 13.1 Å². The van der Waals surface area contributed by atoms with Gasteiger partial charge in [0.1, 0.15) is 5.82 Å². The fourth-order valence-corrected chi connectivity index (χ4v) is 2.06. The molecule has 0 atom stereocenters. The summed E-state index contributed by atoms with van der Waals surface area (Å²) in [6.07, 6.45) is 1.77. The van der Waals surface area contributed by atoms with E-state index in [4.69, 9.17) is 5.73 Å². The molecule has 1 fully saturated rings. The van der Waals surface area contributed by atoms with Crippen molar-refractivity contribution < 1.29 is 4.79 Å². The molecule has 0 bridgehead atoms. The number of aromatic nitrogens is 1. The van der Waals surface area contributed by atoms with Crippen LogP contribution in [0, 0.1) is 12.8 Å². The molecule has 2 N–H and O–H groups in total. The zero-order valence-electron chi connectivity index (χ0n) is 8.40. The van der Waals surface area contributed by atoms with E-state index in [9.17, 15) is 4.79 Å². The van der Waals surface area contributed by atoms with Crippen molar-refractivity contribution in [3.63, 3.8) is 0 Å². The van der Waals surface area contributed by atoms with E-state index in [-0.39, 0.29) is 11.8 Å². The normalized spacial score (nSPS) is 16.3. The Hall–Kier alpha value is -1.10. The highest BCUT2D eigenvalue weighted by atomic mass is 79.9. The Labute approximate surface area is 96.6 Å². The second-order valence-electron chi connectivity index (χ2n) is 3.77. The van der Waals surface area contributed by atoms with Gasteiger partial charge in [0.25, 0.3) is 0 Å². The first-order chi connectivity index (χ1) is 7.09. The molecule has 1 aliphatic rings. The molecule has 4 nitrogen and oxygen atoms in total. The van der Waals surface area contributed by atoms with Gasteiger partial charge >= 0.3 is 0 Å². The molecule has 1 aromatic rings. The van der Waals surface area contributed by atoms with E-state index in [2.05, 4.69) is 20.9 Å². The number of carbonyl (C=O) groups is 1. The molecular weight excluding hydrogens is 258 g/mol. The smallest absolute Gasteiger partial charge is 0.224 e. The third-order valence-corrected chi connectivity index (χ3v) is 3.63. The Morgan fingerprint density at radius 3 is 2.93 bits per heavy atom. The van der Waals surface area contributed by atoms with E-state index in [1.165, 1.54) is 0 Å². The molecule has 0 saturated carbocycles. The Bertz CT molecular complexity index is 402. The molecule has 1 aromatic heterocycles. The number of rotatable bonds is 2. The van der Waals surface area contributed by atoms with Gasteiger partial charge in [0.05, 0.1) is 10.4 Å². The maximum absolute atomic E-state index is 10.9. The van der Waals surface area contributed by atoms with Crippen molar-refractivity contribution in [3.05, 3.63) is 22.3 Å². The summed E-state index contributed by atoms with van der Waals surface area (Å²) in [7, 11) is 0. The van der Waals surface area contributed by atoms with Crippen LogP contribution in [-0.4, -0.2) is 24.0 Å². The van der Waals surface area contributed by atoms with Crippen molar-refractivity contribution in [1.29, 1.82) is 0 Å². The van der Waals surface area contributed by atoms with Crippen LogP contribution in [0.3, 0.4) is 0 Å². The summed E-state index contributed by atoms with van der Waals surface area (Å²) in [4.78, 5) is 17.2. The fourth-order valence-electron chi connectivity index (χ4n) is 1.58. The number of nitrogens with zero attached hydrogens (tertiary/aromatic N) is 2. The summed E-state index contributed by atoms with van der Waals surface area (Å²) >= 11 is 3.49. The van der Waals surface area contributed by atoms with Crippen LogP contribution in [0.15, 0.2) is 16.7 Å². The van der Waals surface area contributed by atoms with Gasteiger partial charge in [-0.2, -0.15) is 0 Å². The maximum Gasteiger partial charge on any atom is 0.224 e. The lowest BCUT2D eigenvalue weighted by Crippen LogP contribution is -2.53. The van der Waals surface area contributed by atoms with E-state index >= 15 is 0 Å². The highest BCUT2D eigenvalue weighted by molar-refractivity contribution is 9.10. The van der Waals surface area contributed by atoms with Crippen molar-refractivity contribution in [2.75, 3.05) is 18.0 Å². The number of pyridine rings is 1. The molecule has 2 rings (SSSR count). The second kappa shape index (κ2) is 3.81. The zero-order valence-corrected chi connectivity index (χ0v) is 9.99. The average Bonchev–Trinajstić information content (AvgIpc) is 2.09. The van der Waals surface area contributed by atoms with Crippen molar-refractivity contribution >= 4 is 27.7 Å². The first-order valence-electron chi connectivity index (χ1n) is 4.75. The van der Waals surface area contributed by atoms with E-state index < -0.39 is 0 Å². The number of anilines is 1. The predicted octanol–water partition coefficient (Wildman–Crippen LogP) is 1.07. The van der Waals surface area contributed by atoms with Gasteiger partial charge in [-0.25, -0.2) is 4.98 Å². The quantitative estimate of drug-likeness (QED) is 0.874. The van der Waals surface area contributed by atoms with E-state index in [1.54, 1.807) is 6.20 Å². The van der Waals surface area contributed by atoms with Crippen LogP contribution < -0.4 is 10.6 Å². The van der Waals surface area contributed by atoms with Crippen LogP contribution in [0.2, 0.25) is 0 Å².